The summed E-state index contributed by atoms with van der Waals surface area (Å²) in [6.45, 7) is 2.61. The first-order valence-electron chi connectivity index (χ1n) is 11.0. The number of carbonyl (C=O) groups is 2. The van der Waals surface area contributed by atoms with Gasteiger partial charge in [-0.15, -0.1) is 0 Å². The van der Waals surface area contributed by atoms with E-state index >= 15 is 0 Å². The van der Waals surface area contributed by atoms with E-state index in [-0.39, 0.29) is 11.7 Å². The van der Waals surface area contributed by atoms with Crippen LogP contribution >= 0.6 is 0 Å². The Labute approximate surface area is 191 Å². The van der Waals surface area contributed by atoms with Crippen LogP contribution < -0.4 is 14.7 Å². The largest absolute Gasteiger partial charge is 0.494 e. The second-order valence-corrected chi connectivity index (χ2v) is 8.06. The third-order valence-corrected chi connectivity index (χ3v) is 5.91. The Morgan fingerprint density at radius 1 is 0.879 bits per heavy atom. The molecule has 0 aromatic heterocycles. The van der Waals surface area contributed by atoms with E-state index in [0.29, 0.717) is 29.3 Å². The Morgan fingerprint density at radius 3 is 2.24 bits per heavy atom. The molecule has 2 heterocycles. The lowest BCUT2D eigenvalue weighted by Crippen LogP contribution is -2.37. The van der Waals surface area contributed by atoms with Crippen LogP contribution in [0, 0.1) is 11.7 Å². The van der Waals surface area contributed by atoms with Crippen LogP contribution in [0.5, 0.6) is 5.75 Å². The lowest BCUT2D eigenvalue weighted by molar-refractivity contribution is -0.126. The van der Waals surface area contributed by atoms with E-state index in [0.717, 1.165) is 6.42 Å². The lowest BCUT2D eigenvalue weighted by atomic mass is 9.90. The first-order valence-corrected chi connectivity index (χ1v) is 11.0. The molecule has 0 spiro atoms. The molecule has 7 heteroatoms. The SMILES string of the molecule is CCCOc1ccc(N2C(=O)[C@H]3[C@@H](c4ccc(F)cc4)N(c4ccccc4)O[C@H]3C2=O)cc1. The van der Waals surface area contributed by atoms with Gasteiger partial charge in [0.1, 0.15) is 17.5 Å². The minimum absolute atomic E-state index is 0.347. The predicted octanol–water partition coefficient (Wildman–Crippen LogP) is 4.67. The third kappa shape index (κ3) is 3.74. The molecule has 3 atom stereocenters. The molecular weight excluding hydrogens is 423 g/mol. The van der Waals surface area contributed by atoms with E-state index < -0.39 is 24.0 Å². The zero-order valence-corrected chi connectivity index (χ0v) is 18.1. The molecule has 5 rings (SSSR count). The number of benzene rings is 3. The van der Waals surface area contributed by atoms with E-state index in [4.69, 9.17) is 9.57 Å². The van der Waals surface area contributed by atoms with E-state index in [1.165, 1.54) is 17.0 Å². The number of hydrogen-bond donors (Lipinski definition) is 0. The van der Waals surface area contributed by atoms with Crippen molar-refractivity contribution in [3.8, 4) is 5.75 Å². The number of halogens is 1. The normalized spacial score (nSPS) is 22.1. The predicted molar refractivity (Wildman–Crippen MR) is 121 cm³/mol. The Kier molecular flexibility index (Phi) is 5.56. The molecule has 0 radical (unpaired) electrons. The van der Waals surface area contributed by atoms with Gasteiger partial charge in [-0.05, 0) is 60.5 Å². The van der Waals surface area contributed by atoms with E-state index in [2.05, 4.69) is 0 Å². The van der Waals surface area contributed by atoms with Crippen molar-refractivity contribution in [3.05, 3.63) is 90.2 Å². The van der Waals surface area contributed by atoms with Gasteiger partial charge in [-0.25, -0.2) is 14.4 Å². The van der Waals surface area contributed by atoms with Gasteiger partial charge < -0.3 is 4.74 Å². The highest BCUT2D eigenvalue weighted by Crippen LogP contribution is 2.47. The molecule has 0 saturated carbocycles. The van der Waals surface area contributed by atoms with Gasteiger partial charge in [0.05, 0.1) is 24.0 Å². The molecule has 2 amide bonds. The van der Waals surface area contributed by atoms with Gasteiger partial charge in [0.25, 0.3) is 5.91 Å². The molecule has 6 nitrogen and oxygen atoms in total. The molecule has 3 aromatic carbocycles. The van der Waals surface area contributed by atoms with Crippen molar-refractivity contribution in [1.82, 2.24) is 0 Å². The topological polar surface area (TPSA) is 59.1 Å². The monoisotopic (exact) mass is 446 g/mol. The number of amides is 2. The van der Waals surface area contributed by atoms with Crippen molar-refractivity contribution < 1.29 is 23.6 Å². The molecule has 2 saturated heterocycles. The Morgan fingerprint density at radius 2 is 1.58 bits per heavy atom. The van der Waals surface area contributed by atoms with Crippen LogP contribution in [-0.4, -0.2) is 24.5 Å². The third-order valence-electron chi connectivity index (χ3n) is 5.91. The summed E-state index contributed by atoms with van der Waals surface area (Å²) in [6, 6.07) is 21.5. The highest BCUT2D eigenvalue weighted by molar-refractivity contribution is 6.23. The van der Waals surface area contributed by atoms with Crippen LogP contribution in [0.4, 0.5) is 15.8 Å². The van der Waals surface area contributed by atoms with Gasteiger partial charge in [0.15, 0.2) is 6.10 Å². The second kappa shape index (κ2) is 8.67. The van der Waals surface area contributed by atoms with Crippen molar-refractivity contribution in [2.24, 2.45) is 5.92 Å². The fourth-order valence-electron chi connectivity index (χ4n) is 4.38. The van der Waals surface area contributed by atoms with Gasteiger partial charge in [-0.2, -0.15) is 0 Å². The summed E-state index contributed by atoms with van der Waals surface area (Å²) >= 11 is 0. The average Bonchev–Trinajstić information content (AvgIpc) is 3.35. The quantitative estimate of drug-likeness (QED) is 0.515. The minimum Gasteiger partial charge on any atom is -0.494 e. The molecule has 3 aromatic rings. The number of imide groups is 1. The summed E-state index contributed by atoms with van der Waals surface area (Å²) in [5.74, 6) is -1.23. The summed E-state index contributed by atoms with van der Waals surface area (Å²) in [5, 5.41) is 1.59. The minimum atomic E-state index is -0.969. The van der Waals surface area contributed by atoms with Gasteiger partial charge in [-0.1, -0.05) is 37.3 Å². The fourth-order valence-corrected chi connectivity index (χ4v) is 4.38. The smallest absolute Gasteiger partial charge is 0.266 e. The summed E-state index contributed by atoms with van der Waals surface area (Å²) in [5.41, 5.74) is 1.88. The number of hydroxylamine groups is 1. The molecule has 0 bridgehead atoms. The molecule has 2 fully saturated rings. The first-order chi connectivity index (χ1) is 16.1. The summed E-state index contributed by atoms with van der Waals surface area (Å²) in [6.07, 6.45) is -0.0856. The molecule has 2 aliphatic rings. The van der Waals surface area contributed by atoms with Gasteiger partial charge in [-0.3, -0.25) is 14.4 Å². The van der Waals surface area contributed by atoms with Crippen LogP contribution in [0.3, 0.4) is 0 Å². The number of hydrogen-bond acceptors (Lipinski definition) is 5. The maximum Gasteiger partial charge on any atom is 0.266 e. The Balaban J connectivity index is 1.49. The van der Waals surface area contributed by atoms with Gasteiger partial charge in [0, 0.05) is 0 Å². The Bertz CT molecular complexity index is 1150. The first kappa shape index (κ1) is 21.2. The molecule has 0 unspecified atom stereocenters. The summed E-state index contributed by atoms with van der Waals surface area (Å²) in [4.78, 5) is 34.2. The van der Waals surface area contributed by atoms with Crippen molar-refractivity contribution in [3.63, 3.8) is 0 Å². The van der Waals surface area contributed by atoms with Crippen LogP contribution in [0.25, 0.3) is 0 Å². The average molecular weight is 446 g/mol. The fraction of sp³-hybridized carbons (Fsp3) is 0.231. The van der Waals surface area contributed by atoms with Crippen molar-refractivity contribution in [2.45, 2.75) is 25.5 Å². The van der Waals surface area contributed by atoms with Gasteiger partial charge in [0.2, 0.25) is 5.91 Å². The van der Waals surface area contributed by atoms with Crippen LogP contribution in [-0.2, 0) is 14.4 Å². The maximum atomic E-state index is 13.6. The van der Waals surface area contributed by atoms with Crippen LogP contribution in [0.15, 0.2) is 78.9 Å². The highest BCUT2D eigenvalue weighted by Gasteiger charge is 2.60. The molecular formula is C26H23FN2O4. The lowest BCUT2D eigenvalue weighted by Gasteiger charge is -2.28. The number of ether oxygens (including phenoxy) is 1. The van der Waals surface area contributed by atoms with E-state index in [1.807, 2.05) is 37.3 Å². The van der Waals surface area contributed by atoms with E-state index in [9.17, 15) is 14.0 Å². The number of carbonyl (C=O) groups excluding carboxylic acids is 2. The highest BCUT2D eigenvalue weighted by atomic mass is 19.1. The zero-order chi connectivity index (χ0) is 22.9. The standard InChI is InChI=1S/C26H23FN2O4/c1-2-16-32-21-14-12-19(13-15-21)28-25(30)22-23(17-8-10-18(27)11-9-17)29(33-24(22)26(28)31)20-6-4-3-5-7-20/h3-15,22-24H,2,16H2,1H3/t22-,23+,24+/m0/s1. The number of anilines is 2. The van der Waals surface area contributed by atoms with Crippen LogP contribution in [0.2, 0.25) is 0 Å². The summed E-state index contributed by atoms with van der Waals surface area (Å²) < 4.78 is 19.2. The molecule has 168 valence electrons. The number of nitrogens with zero attached hydrogens (tertiary/aromatic N) is 2. The van der Waals surface area contributed by atoms with Gasteiger partial charge >= 0.3 is 0 Å². The van der Waals surface area contributed by atoms with Crippen molar-refractivity contribution in [1.29, 1.82) is 0 Å². The summed E-state index contributed by atoms with van der Waals surface area (Å²) in [7, 11) is 0. The second-order valence-electron chi connectivity index (χ2n) is 8.06. The zero-order valence-electron chi connectivity index (χ0n) is 18.1. The number of rotatable bonds is 6. The maximum absolute atomic E-state index is 13.6. The Hall–Kier alpha value is -3.71. The molecule has 33 heavy (non-hydrogen) atoms. The molecule has 0 aliphatic carbocycles. The van der Waals surface area contributed by atoms with E-state index in [1.54, 1.807) is 41.5 Å². The molecule has 2 aliphatic heterocycles. The number of para-hydroxylation sites is 1. The van der Waals surface area contributed by atoms with Crippen LogP contribution in [0.1, 0.15) is 24.9 Å². The number of fused-ring (bicyclic) bond motifs is 1. The van der Waals surface area contributed by atoms with Crippen molar-refractivity contribution in [2.75, 3.05) is 16.6 Å². The van der Waals surface area contributed by atoms with Crippen molar-refractivity contribution >= 4 is 23.2 Å². The molecule has 0 N–H and O–H groups in total.